The third kappa shape index (κ3) is 4.08. The van der Waals surface area contributed by atoms with Gasteiger partial charge in [-0.3, -0.25) is 10.1 Å². The summed E-state index contributed by atoms with van der Waals surface area (Å²) in [5.41, 5.74) is 0.208. The van der Waals surface area contributed by atoms with Crippen molar-refractivity contribution < 1.29 is 13.3 Å². The zero-order valence-electron chi connectivity index (χ0n) is 13.1. The highest BCUT2D eigenvalue weighted by molar-refractivity contribution is 7.90. The van der Waals surface area contributed by atoms with E-state index in [2.05, 4.69) is 0 Å². The lowest BCUT2D eigenvalue weighted by molar-refractivity contribution is -0.384. The number of benzene rings is 1. The molecule has 1 atom stereocenters. The zero-order valence-corrected chi connectivity index (χ0v) is 14.7. The summed E-state index contributed by atoms with van der Waals surface area (Å²) in [5, 5.41) is 13.3. The van der Waals surface area contributed by atoms with Crippen LogP contribution in [0, 0.1) is 10.1 Å². The van der Waals surface area contributed by atoms with Crippen molar-refractivity contribution in [1.29, 1.82) is 0 Å². The molecule has 2 rings (SSSR count). The first-order chi connectivity index (χ1) is 10.7. The fourth-order valence-corrected chi connectivity index (χ4v) is 3.74. The van der Waals surface area contributed by atoms with E-state index in [1.807, 2.05) is 29.3 Å². The van der Waals surface area contributed by atoms with E-state index >= 15 is 0 Å². The Balaban J connectivity index is 2.35. The van der Waals surface area contributed by atoms with Crippen LogP contribution in [-0.4, -0.2) is 32.7 Å². The van der Waals surface area contributed by atoms with E-state index in [1.54, 1.807) is 18.4 Å². The topological polar surface area (TPSA) is 80.5 Å². The van der Waals surface area contributed by atoms with E-state index in [0.29, 0.717) is 5.69 Å². The Kier molecular flexibility index (Phi) is 5.06. The fraction of sp³-hybridized carbons (Fsp3) is 0.333. The predicted octanol–water partition coefficient (Wildman–Crippen LogP) is 3.13. The molecule has 0 spiro atoms. The smallest absolute Gasteiger partial charge is 0.293 e. The van der Waals surface area contributed by atoms with E-state index in [-0.39, 0.29) is 16.6 Å². The zero-order chi connectivity index (χ0) is 17.2. The highest BCUT2D eigenvalue weighted by Gasteiger charge is 2.23. The Labute approximate surface area is 139 Å². The van der Waals surface area contributed by atoms with Crippen LogP contribution in [0.1, 0.15) is 11.8 Å². The highest BCUT2D eigenvalue weighted by Crippen LogP contribution is 2.32. The lowest BCUT2D eigenvalue weighted by Gasteiger charge is -2.26. The molecule has 0 saturated heterocycles. The van der Waals surface area contributed by atoms with Crippen LogP contribution >= 0.6 is 11.3 Å². The Hall–Kier alpha value is -1.93. The average Bonchev–Trinajstić information content (AvgIpc) is 2.97. The minimum absolute atomic E-state index is 0.0384. The minimum atomic E-state index is -3.48. The standard InChI is InChI=1S/C15H18N2O4S2/c1-11(9-12-5-4-8-22-12)16(2)14-7-6-13(23(3,20)21)10-15(14)17(18)19/h4-8,10-11H,9H2,1-3H3. The fourth-order valence-electron chi connectivity index (χ4n) is 2.27. The Morgan fingerprint density at radius 2 is 2.04 bits per heavy atom. The van der Waals surface area contributed by atoms with Crippen molar-refractivity contribution in [2.24, 2.45) is 0 Å². The average molecular weight is 354 g/mol. The number of nitrogens with zero attached hydrogens (tertiary/aromatic N) is 2. The van der Waals surface area contributed by atoms with Gasteiger partial charge in [0.25, 0.3) is 5.69 Å². The largest absolute Gasteiger partial charge is 0.366 e. The number of sulfone groups is 1. The second kappa shape index (κ2) is 6.67. The molecular weight excluding hydrogens is 336 g/mol. The molecule has 6 nitrogen and oxygen atoms in total. The van der Waals surface area contributed by atoms with Crippen LogP contribution in [0.3, 0.4) is 0 Å². The molecule has 0 bridgehead atoms. The number of nitro groups is 1. The molecule has 0 radical (unpaired) electrons. The molecule has 1 unspecified atom stereocenters. The summed E-state index contributed by atoms with van der Waals surface area (Å²) in [7, 11) is -1.71. The SMILES string of the molecule is CC(Cc1cccs1)N(C)c1ccc(S(C)(=O)=O)cc1[N+](=O)[O-]. The molecule has 2 aromatic rings. The predicted molar refractivity (Wildman–Crippen MR) is 92.1 cm³/mol. The van der Waals surface area contributed by atoms with Crippen molar-refractivity contribution in [1.82, 2.24) is 0 Å². The number of anilines is 1. The monoisotopic (exact) mass is 354 g/mol. The molecule has 0 aliphatic carbocycles. The lowest BCUT2D eigenvalue weighted by Crippen LogP contribution is -2.31. The van der Waals surface area contributed by atoms with Crippen molar-refractivity contribution in [3.63, 3.8) is 0 Å². The second-order valence-corrected chi connectivity index (χ2v) is 8.47. The van der Waals surface area contributed by atoms with Crippen molar-refractivity contribution >= 4 is 32.5 Å². The van der Waals surface area contributed by atoms with Gasteiger partial charge in [-0.05, 0) is 30.5 Å². The number of likely N-dealkylation sites (N-methyl/N-ethyl adjacent to an activating group) is 1. The van der Waals surface area contributed by atoms with Crippen molar-refractivity contribution in [2.45, 2.75) is 24.3 Å². The van der Waals surface area contributed by atoms with E-state index in [9.17, 15) is 18.5 Å². The Morgan fingerprint density at radius 1 is 1.35 bits per heavy atom. The van der Waals surface area contributed by atoms with E-state index in [4.69, 9.17) is 0 Å². The molecule has 1 aromatic carbocycles. The number of rotatable bonds is 6. The summed E-state index contributed by atoms with van der Waals surface area (Å²) in [6, 6.07) is 8.06. The van der Waals surface area contributed by atoms with Gasteiger partial charge in [-0.25, -0.2) is 8.42 Å². The molecular formula is C15H18N2O4S2. The van der Waals surface area contributed by atoms with Crippen molar-refractivity contribution in [3.8, 4) is 0 Å². The number of nitro benzene ring substituents is 1. The van der Waals surface area contributed by atoms with Crippen LogP contribution in [0.5, 0.6) is 0 Å². The molecule has 0 aliphatic rings. The van der Waals surface area contributed by atoms with Gasteiger partial charge in [0.2, 0.25) is 0 Å². The maximum absolute atomic E-state index is 11.6. The van der Waals surface area contributed by atoms with E-state index in [1.165, 1.54) is 17.0 Å². The van der Waals surface area contributed by atoms with Gasteiger partial charge in [0.05, 0.1) is 9.82 Å². The summed E-state index contributed by atoms with van der Waals surface area (Å²) in [6.07, 6.45) is 1.80. The molecule has 1 aromatic heterocycles. The van der Waals surface area contributed by atoms with Gasteiger partial charge >= 0.3 is 0 Å². The molecule has 23 heavy (non-hydrogen) atoms. The molecule has 1 heterocycles. The molecule has 0 N–H and O–H groups in total. The van der Waals surface area contributed by atoms with Crippen LogP contribution in [0.15, 0.2) is 40.6 Å². The quantitative estimate of drug-likeness (QED) is 0.588. The summed E-state index contributed by atoms with van der Waals surface area (Å²) in [6.45, 7) is 1.98. The summed E-state index contributed by atoms with van der Waals surface area (Å²) in [5.74, 6) is 0. The van der Waals surface area contributed by atoms with Crippen LogP contribution in [0.25, 0.3) is 0 Å². The second-order valence-electron chi connectivity index (χ2n) is 5.42. The molecule has 0 amide bonds. The maximum Gasteiger partial charge on any atom is 0.293 e. The van der Waals surface area contributed by atoms with E-state index < -0.39 is 14.8 Å². The first kappa shape index (κ1) is 17.4. The van der Waals surface area contributed by atoms with Crippen LogP contribution < -0.4 is 4.90 Å². The third-order valence-corrected chi connectivity index (χ3v) is 5.70. The molecule has 0 saturated carbocycles. The maximum atomic E-state index is 11.6. The van der Waals surface area contributed by atoms with Gasteiger partial charge in [0.15, 0.2) is 9.84 Å². The van der Waals surface area contributed by atoms with Gasteiger partial charge in [-0.1, -0.05) is 6.07 Å². The van der Waals surface area contributed by atoms with Gasteiger partial charge < -0.3 is 4.90 Å². The normalized spacial score (nSPS) is 12.8. The van der Waals surface area contributed by atoms with Gasteiger partial charge in [-0.15, -0.1) is 11.3 Å². The first-order valence-corrected chi connectivity index (χ1v) is 9.71. The van der Waals surface area contributed by atoms with Crippen molar-refractivity contribution in [3.05, 3.63) is 50.7 Å². The Bertz CT molecular complexity index is 801. The van der Waals surface area contributed by atoms with Crippen LogP contribution in [-0.2, 0) is 16.3 Å². The summed E-state index contributed by atoms with van der Waals surface area (Å²) in [4.78, 5) is 13.7. The number of hydrogen-bond acceptors (Lipinski definition) is 6. The lowest BCUT2D eigenvalue weighted by atomic mass is 10.1. The van der Waals surface area contributed by atoms with Gasteiger partial charge in [0.1, 0.15) is 5.69 Å². The molecule has 124 valence electrons. The molecule has 0 aliphatic heterocycles. The first-order valence-electron chi connectivity index (χ1n) is 6.94. The van der Waals surface area contributed by atoms with Crippen molar-refractivity contribution in [2.75, 3.05) is 18.2 Å². The highest BCUT2D eigenvalue weighted by atomic mass is 32.2. The van der Waals surface area contributed by atoms with Gasteiger partial charge in [-0.2, -0.15) is 0 Å². The third-order valence-electron chi connectivity index (χ3n) is 3.69. The minimum Gasteiger partial charge on any atom is -0.366 e. The summed E-state index contributed by atoms with van der Waals surface area (Å²) < 4.78 is 23.2. The molecule has 0 fully saturated rings. The summed E-state index contributed by atoms with van der Waals surface area (Å²) >= 11 is 1.64. The molecule has 8 heteroatoms. The van der Waals surface area contributed by atoms with E-state index in [0.717, 1.165) is 18.7 Å². The van der Waals surface area contributed by atoms with Gasteiger partial charge in [0, 0.05) is 36.7 Å². The van der Waals surface area contributed by atoms with Crippen LogP contribution in [0.4, 0.5) is 11.4 Å². The van der Waals surface area contributed by atoms with Crippen LogP contribution in [0.2, 0.25) is 0 Å². The Morgan fingerprint density at radius 3 is 2.57 bits per heavy atom. The number of thiophene rings is 1. The number of hydrogen-bond donors (Lipinski definition) is 0.